The first kappa shape index (κ1) is 10.6. The molecule has 1 heterocycles. The lowest BCUT2D eigenvalue weighted by atomic mass is 10.1. The Hall–Kier alpha value is -0.910. The molecule has 0 aliphatic carbocycles. The van der Waals surface area contributed by atoms with Gasteiger partial charge in [0.25, 0.3) is 10.1 Å². The zero-order chi connectivity index (χ0) is 10.9. The second-order valence-corrected chi connectivity index (χ2v) is 5.11. The van der Waals surface area contributed by atoms with Crippen molar-refractivity contribution in [2.45, 2.75) is 18.1 Å². The largest absolute Gasteiger partial charge is 0.351 e. The smallest absolute Gasteiger partial charge is 0.299 e. The van der Waals surface area contributed by atoms with Crippen LogP contribution in [0.15, 0.2) is 35.2 Å². The van der Waals surface area contributed by atoms with Gasteiger partial charge in [-0.2, -0.15) is 8.42 Å². The Balaban J connectivity index is 2.14. The normalized spacial score (nSPS) is 25.9. The maximum Gasteiger partial charge on any atom is 0.299 e. The van der Waals surface area contributed by atoms with Crippen molar-refractivity contribution in [3.05, 3.63) is 30.3 Å². The highest BCUT2D eigenvalue weighted by Crippen LogP contribution is 2.25. The van der Waals surface area contributed by atoms with Crippen LogP contribution in [0.4, 0.5) is 0 Å². The Morgan fingerprint density at radius 3 is 2.47 bits per heavy atom. The number of benzene rings is 1. The van der Waals surface area contributed by atoms with Crippen LogP contribution >= 0.6 is 0 Å². The number of rotatable bonds is 3. The first-order valence-corrected chi connectivity index (χ1v) is 6.10. The summed E-state index contributed by atoms with van der Waals surface area (Å²) in [4.78, 5) is 0.160. The van der Waals surface area contributed by atoms with Crippen molar-refractivity contribution >= 4 is 10.1 Å². The van der Waals surface area contributed by atoms with E-state index >= 15 is 0 Å². The molecule has 4 nitrogen and oxygen atoms in total. The molecule has 0 radical (unpaired) electrons. The third kappa shape index (κ3) is 2.19. The van der Waals surface area contributed by atoms with Crippen LogP contribution < -0.4 is 0 Å². The first-order valence-electron chi connectivity index (χ1n) is 4.69. The van der Waals surface area contributed by atoms with Gasteiger partial charge >= 0.3 is 0 Å². The summed E-state index contributed by atoms with van der Waals surface area (Å²) < 4.78 is 33.3. The second-order valence-electron chi connectivity index (χ2n) is 3.54. The van der Waals surface area contributed by atoms with E-state index < -0.39 is 16.4 Å². The Labute approximate surface area is 88.9 Å². The van der Waals surface area contributed by atoms with E-state index in [1.807, 2.05) is 6.92 Å². The summed E-state index contributed by atoms with van der Waals surface area (Å²) in [6.07, 6.45) is -0.629. The molecule has 1 saturated heterocycles. The maximum absolute atomic E-state index is 11.7. The van der Waals surface area contributed by atoms with Gasteiger partial charge < -0.3 is 4.74 Å². The lowest BCUT2D eigenvalue weighted by Crippen LogP contribution is -2.41. The highest BCUT2D eigenvalue weighted by molar-refractivity contribution is 7.86. The Morgan fingerprint density at radius 1 is 1.33 bits per heavy atom. The standard InChI is InChI=1S/C10H12O4S/c1-8-7-13-10(8)14-15(11,12)9-5-3-2-4-6-9/h2-6,8,10H,7H2,1H3. The lowest BCUT2D eigenvalue weighted by molar-refractivity contribution is -0.207. The van der Waals surface area contributed by atoms with Crippen LogP contribution in [-0.4, -0.2) is 21.3 Å². The number of hydrogen-bond acceptors (Lipinski definition) is 4. The monoisotopic (exact) mass is 228 g/mol. The van der Waals surface area contributed by atoms with Gasteiger partial charge in [-0.15, -0.1) is 0 Å². The van der Waals surface area contributed by atoms with Gasteiger partial charge in [0.2, 0.25) is 0 Å². The Kier molecular flexibility index (Phi) is 2.77. The molecule has 2 unspecified atom stereocenters. The molecule has 0 bridgehead atoms. The average molecular weight is 228 g/mol. The van der Waals surface area contributed by atoms with Crippen molar-refractivity contribution in [3.8, 4) is 0 Å². The quantitative estimate of drug-likeness (QED) is 0.733. The highest BCUT2D eigenvalue weighted by Gasteiger charge is 2.34. The van der Waals surface area contributed by atoms with Gasteiger partial charge in [0.05, 0.1) is 11.5 Å². The van der Waals surface area contributed by atoms with Gasteiger partial charge in [-0.05, 0) is 12.1 Å². The molecule has 1 aliphatic rings. The van der Waals surface area contributed by atoms with Crippen molar-refractivity contribution in [1.82, 2.24) is 0 Å². The predicted octanol–water partition coefficient (Wildman–Crippen LogP) is 1.38. The van der Waals surface area contributed by atoms with E-state index in [0.717, 1.165) is 0 Å². The SMILES string of the molecule is CC1COC1OS(=O)(=O)c1ccccc1. The van der Waals surface area contributed by atoms with E-state index in [1.54, 1.807) is 18.2 Å². The molecular weight excluding hydrogens is 216 g/mol. The summed E-state index contributed by atoms with van der Waals surface area (Å²) in [7, 11) is -3.68. The highest BCUT2D eigenvalue weighted by atomic mass is 32.2. The zero-order valence-electron chi connectivity index (χ0n) is 8.29. The summed E-state index contributed by atoms with van der Waals surface area (Å²) >= 11 is 0. The van der Waals surface area contributed by atoms with E-state index in [-0.39, 0.29) is 10.8 Å². The van der Waals surface area contributed by atoms with Gasteiger partial charge in [-0.1, -0.05) is 25.1 Å². The molecule has 5 heteroatoms. The Morgan fingerprint density at radius 2 is 2.00 bits per heavy atom. The van der Waals surface area contributed by atoms with Crippen molar-refractivity contribution in [2.75, 3.05) is 6.61 Å². The molecule has 82 valence electrons. The van der Waals surface area contributed by atoms with Crippen LogP contribution in [0.5, 0.6) is 0 Å². The summed E-state index contributed by atoms with van der Waals surface area (Å²) in [5.74, 6) is 0.128. The molecule has 0 N–H and O–H groups in total. The fraction of sp³-hybridized carbons (Fsp3) is 0.400. The average Bonchev–Trinajstić information content (AvgIpc) is 2.25. The number of hydrogen-bond donors (Lipinski definition) is 0. The molecule has 0 amide bonds. The van der Waals surface area contributed by atoms with Crippen LogP contribution in [0, 0.1) is 5.92 Å². The first-order chi connectivity index (χ1) is 7.09. The molecule has 0 spiro atoms. The molecule has 2 rings (SSSR count). The molecule has 1 fully saturated rings. The van der Waals surface area contributed by atoms with Crippen LogP contribution in [0.1, 0.15) is 6.92 Å². The van der Waals surface area contributed by atoms with Crippen LogP contribution in [0.2, 0.25) is 0 Å². The maximum atomic E-state index is 11.7. The minimum atomic E-state index is -3.68. The fourth-order valence-corrected chi connectivity index (χ4v) is 2.35. The second kappa shape index (κ2) is 3.92. The molecule has 1 aromatic carbocycles. The topological polar surface area (TPSA) is 52.6 Å². The number of ether oxygens (including phenoxy) is 1. The Bertz CT molecular complexity index is 426. The van der Waals surface area contributed by atoms with E-state index in [4.69, 9.17) is 8.92 Å². The summed E-state index contributed by atoms with van der Waals surface area (Å²) in [6.45, 7) is 2.43. The molecule has 2 atom stereocenters. The zero-order valence-corrected chi connectivity index (χ0v) is 9.11. The molecule has 15 heavy (non-hydrogen) atoms. The van der Waals surface area contributed by atoms with E-state index in [9.17, 15) is 8.42 Å². The van der Waals surface area contributed by atoms with Gasteiger partial charge in [-0.25, -0.2) is 4.18 Å². The molecule has 1 aromatic rings. The van der Waals surface area contributed by atoms with Gasteiger partial charge in [0, 0.05) is 5.92 Å². The fourth-order valence-electron chi connectivity index (χ4n) is 1.26. The van der Waals surface area contributed by atoms with Crippen LogP contribution in [0.3, 0.4) is 0 Å². The van der Waals surface area contributed by atoms with Crippen molar-refractivity contribution in [2.24, 2.45) is 5.92 Å². The van der Waals surface area contributed by atoms with Gasteiger partial charge in [0.1, 0.15) is 0 Å². The molecule has 0 saturated carbocycles. The van der Waals surface area contributed by atoms with E-state index in [2.05, 4.69) is 0 Å². The predicted molar refractivity (Wildman–Crippen MR) is 53.6 cm³/mol. The van der Waals surface area contributed by atoms with Crippen LogP contribution in [0.25, 0.3) is 0 Å². The van der Waals surface area contributed by atoms with Crippen molar-refractivity contribution in [3.63, 3.8) is 0 Å². The lowest BCUT2D eigenvalue weighted by Gasteiger charge is -2.32. The molecule has 0 aromatic heterocycles. The third-order valence-corrected chi connectivity index (χ3v) is 3.53. The van der Waals surface area contributed by atoms with Crippen molar-refractivity contribution < 1.29 is 17.3 Å². The van der Waals surface area contributed by atoms with Crippen LogP contribution in [-0.2, 0) is 19.0 Å². The minimum absolute atomic E-state index is 0.128. The van der Waals surface area contributed by atoms with Gasteiger partial charge in [-0.3, -0.25) is 0 Å². The summed E-state index contributed by atoms with van der Waals surface area (Å²) in [5, 5.41) is 0. The van der Waals surface area contributed by atoms with Crippen molar-refractivity contribution in [1.29, 1.82) is 0 Å². The van der Waals surface area contributed by atoms with E-state index in [1.165, 1.54) is 12.1 Å². The van der Waals surface area contributed by atoms with E-state index in [0.29, 0.717) is 6.61 Å². The summed E-state index contributed by atoms with van der Waals surface area (Å²) in [6, 6.07) is 8.06. The molecular formula is C10H12O4S. The van der Waals surface area contributed by atoms with Gasteiger partial charge in [0.15, 0.2) is 6.29 Å². The minimum Gasteiger partial charge on any atom is -0.351 e. The molecule has 1 aliphatic heterocycles. The third-order valence-electron chi connectivity index (χ3n) is 2.24. The summed E-state index contributed by atoms with van der Waals surface area (Å²) in [5.41, 5.74) is 0.